The molecule has 20 heavy (non-hydrogen) atoms. The zero-order valence-electron chi connectivity index (χ0n) is 10.9. The minimum Gasteiger partial charge on any atom is -0.370 e. The van der Waals surface area contributed by atoms with Crippen molar-refractivity contribution < 1.29 is 14.0 Å². The lowest BCUT2D eigenvalue weighted by molar-refractivity contribution is -0.119. The molecule has 1 aliphatic rings. The molecule has 0 aliphatic carbocycles. The van der Waals surface area contributed by atoms with Crippen molar-refractivity contribution in [2.24, 2.45) is 5.73 Å². The predicted octanol–water partition coefficient (Wildman–Crippen LogP) is 2.46. The van der Waals surface area contributed by atoms with Gasteiger partial charge in [0.15, 0.2) is 0 Å². The second-order valence-corrected chi connectivity index (χ2v) is 5.80. The van der Waals surface area contributed by atoms with E-state index in [1.165, 1.54) is 18.2 Å². The third kappa shape index (κ3) is 3.36. The molecule has 0 saturated carbocycles. The van der Waals surface area contributed by atoms with Crippen molar-refractivity contribution in [3.05, 3.63) is 34.1 Å². The van der Waals surface area contributed by atoms with E-state index in [4.69, 9.17) is 5.73 Å². The Bertz CT molecular complexity index is 536. The van der Waals surface area contributed by atoms with Crippen molar-refractivity contribution >= 4 is 27.7 Å². The third-order valence-electron chi connectivity index (χ3n) is 3.49. The molecule has 1 atom stereocenters. The largest absolute Gasteiger partial charge is 0.370 e. The van der Waals surface area contributed by atoms with Crippen LogP contribution in [-0.4, -0.2) is 29.3 Å². The molecule has 1 fully saturated rings. The van der Waals surface area contributed by atoms with E-state index >= 15 is 0 Å². The van der Waals surface area contributed by atoms with Crippen LogP contribution in [0.4, 0.5) is 4.39 Å². The fraction of sp³-hybridized carbons (Fsp3) is 0.429. The molecule has 0 bridgehead atoms. The van der Waals surface area contributed by atoms with Crippen LogP contribution in [0.5, 0.6) is 0 Å². The topological polar surface area (TPSA) is 63.4 Å². The highest BCUT2D eigenvalue weighted by Crippen LogP contribution is 2.25. The van der Waals surface area contributed by atoms with Crippen LogP contribution in [-0.2, 0) is 4.79 Å². The first-order chi connectivity index (χ1) is 9.49. The SMILES string of the molecule is NC(=O)C[C@H]1CCCCN1C(=O)c1ccc(F)cc1Br. The van der Waals surface area contributed by atoms with Gasteiger partial charge in [-0.3, -0.25) is 9.59 Å². The van der Waals surface area contributed by atoms with Gasteiger partial charge in [0.25, 0.3) is 5.91 Å². The third-order valence-corrected chi connectivity index (χ3v) is 4.14. The molecule has 108 valence electrons. The first-order valence-electron chi connectivity index (χ1n) is 6.53. The summed E-state index contributed by atoms with van der Waals surface area (Å²) in [5.41, 5.74) is 5.64. The summed E-state index contributed by atoms with van der Waals surface area (Å²) >= 11 is 3.21. The van der Waals surface area contributed by atoms with Crippen LogP contribution in [0.2, 0.25) is 0 Å². The van der Waals surface area contributed by atoms with Gasteiger partial charge in [-0.1, -0.05) is 0 Å². The number of carbonyl (C=O) groups is 2. The van der Waals surface area contributed by atoms with Crippen LogP contribution < -0.4 is 5.73 Å². The van der Waals surface area contributed by atoms with Gasteiger partial charge in [0.1, 0.15) is 5.82 Å². The normalized spacial score (nSPS) is 18.9. The maximum absolute atomic E-state index is 13.1. The Balaban J connectivity index is 2.22. The van der Waals surface area contributed by atoms with Gasteiger partial charge in [-0.05, 0) is 53.4 Å². The van der Waals surface area contributed by atoms with Gasteiger partial charge in [-0.15, -0.1) is 0 Å². The van der Waals surface area contributed by atoms with E-state index in [9.17, 15) is 14.0 Å². The highest BCUT2D eigenvalue weighted by molar-refractivity contribution is 9.10. The minimum absolute atomic E-state index is 0.161. The summed E-state index contributed by atoms with van der Waals surface area (Å²) in [5.74, 6) is -1.00. The van der Waals surface area contributed by atoms with Crippen molar-refractivity contribution in [1.82, 2.24) is 4.90 Å². The molecular weight excluding hydrogens is 327 g/mol. The van der Waals surface area contributed by atoms with Crippen LogP contribution in [0, 0.1) is 5.82 Å². The Kier molecular flexibility index (Phi) is 4.75. The summed E-state index contributed by atoms with van der Waals surface area (Å²) in [6.45, 7) is 0.598. The van der Waals surface area contributed by atoms with E-state index in [-0.39, 0.29) is 18.4 Å². The summed E-state index contributed by atoms with van der Waals surface area (Å²) < 4.78 is 13.5. The van der Waals surface area contributed by atoms with Gasteiger partial charge in [0.2, 0.25) is 5.91 Å². The molecule has 2 N–H and O–H groups in total. The number of amides is 2. The van der Waals surface area contributed by atoms with E-state index in [0.717, 1.165) is 19.3 Å². The molecule has 6 heteroatoms. The van der Waals surface area contributed by atoms with Crippen LogP contribution in [0.15, 0.2) is 22.7 Å². The van der Waals surface area contributed by atoms with E-state index in [1.54, 1.807) is 4.90 Å². The lowest BCUT2D eigenvalue weighted by atomic mass is 9.98. The van der Waals surface area contributed by atoms with Gasteiger partial charge in [-0.25, -0.2) is 4.39 Å². The van der Waals surface area contributed by atoms with E-state index < -0.39 is 11.7 Å². The Morgan fingerprint density at radius 3 is 2.80 bits per heavy atom. The second kappa shape index (κ2) is 6.35. The number of halogens is 2. The Morgan fingerprint density at radius 1 is 1.40 bits per heavy atom. The Labute approximate surface area is 125 Å². The molecule has 0 unspecified atom stereocenters. The van der Waals surface area contributed by atoms with Crippen molar-refractivity contribution in [3.63, 3.8) is 0 Å². The summed E-state index contributed by atoms with van der Waals surface area (Å²) in [7, 11) is 0. The number of likely N-dealkylation sites (tertiary alicyclic amines) is 1. The lowest BCUT2D eigenvalue weighted by Crippen LogP contribution is -2.45. The smallest absolute Gasteiger partial charge is 0.255 e. The van der Waals surface area contributed by atoms with Gasteiger partial charge in [-0.2, -0.15) is 0 Å². The summed E-state index contributed by atoms with van der Waals surface area (Å²) in [4.78, 5) is 25.3. The Morgan fingerprint density at radius 2 is 2.15 bits per heavy atom. The first-order valence-corrected chi connectivity index (χ1v) is 7.32. The van der Waals surface area contributed by atoms with E-state index in [0.29, 0.717) is 16.6 Å². The van der Waals surface area contributed by atoms with Gasteiger partial charge in [0, 0.05) is 23.5 Å². The second-order valence-electron chi connectivity index (χ2n) is 4.94. The standard InChI is InChI=1S/C14H16BrFN2O2/c15-12-7-9(16)4-5-11(12)14(20)18-6-2-1-3-10(18)8-13(17)19/h4-5,7,10H,1-3,6,8H2,(H2,17,19)/t10-/m1/s1. The van der Waals surface area contributed by atoms with Crippen molar-refractivity contribution in [2.75, 3.05) is 6.54 Å². The van der Waals surface area contributed by atoms with Crippen LogP contribution in [0.1, 0.15) is 36.0 Å². The maximum atomic E-state index is 13.1. The number of benzene rings is 1. The Hall–Kier alpha value is -1.43. The average Bonchev–Trinajstić information content (AvgIpc) is 2.38. The maximum Gasteiger partial charge on any atom is 0.255 e. The molecule has 0 radical (unpaired) electrons. The molecule has 1 heterocycles. The summed E-state index contributed by atoms with van der Waals surface area (Å²) in [6, 6.07) is 3.81. The number of primary amides is 1. The molecule has 2 amide bonds. The van der Waals surface area contributed by atoms with Crippen LogP contribution in [0.3, 0.4) is 0 Å². The van der Waals surface area contributed by atoms with Crippen LogP contribution in [0.25, 0.3) is 0 Å². The zero-order chi connectivity index (χ0) is 14.7. The minimum atomic E-state index is -0.409. The molecule has 1 aromatic carbocycles. The number of piperidine rings is 1. The molecule has 0 aromatic heterocycles. The van der Waals surface area contributed by atoms with Gasteiger partial charge in [0.05, 0.1) is 5.56 Å². The lowest BCUT2D eigenvalue weighted by Gasteiger charge is -2.35. The monoisotopic (exact) mass is 342 g/mol. The van der Waals surface area contributed by atoms with Crippen molar-refractivity contribution in [1.29, 1.82) is 0 Å². The molecule has 0 spiro atoms. The summed E-state index contributed by atoms with van der Waals surface area (Å²) in [5, 5.41) is 0. The predicted molar refractivity (Wildman–Crippen MR) is 76.6 cm³/mol. The fourth-order valence-corrected chi connectivity index (χ4v) is 3.05. The number of hydrogen-bond donors (Lipinski definition) is 1. The molecule has 1 aliphatic heterocycles. The number of rotatable bonds is 3. The zero-order valence-corrected chi connectivity index (χ0v) is 12.5. The van der Waals surface area contributed by atoms with Crippen molar-refractivity contribution in [2.45, 2.75) is 31.7 Å². The van der Waals surface area contributed by atoms with Crippen LogP contribution >= 0.6 is 15.9 Å². The highest BCUT2D eigenvalue weighted by atomic mass is 79.9. The fourth-order valence-electron chi connectivity index (χ4n) is 2.53. The number of hydrogen-bond acceptors (Lipinski definition) is 2. The quantitative estimate of drug-likeness (QED) is 0.916. The number of nitrogens with two attached hydrogens (primary N) is 1. The van der Waals surface area contributed by atoms with Crippen molar-refractivity contribution in [3.8, 4) is 0 Å². The average molecular weight is 343 g/mol. The van der Waals surface area contributed by atoms with E-state index in [2.05, 4.69) is 15.9 Å². The molecule has 1 aromatic rings. The van der Waals surface area contributed by atoms with E-state index in [1.807, 2.05) is 0 Å². The number of nitrogens with zero attached hydrogens (tertiary/aromatic N) is 1. The van der Waals surface area contributed by atoms with Gasteiger partial charge >= 0.3 is 0 Å². The van der Waals surface area contributed by atoms with Gasteiger partial charge < -0.3 is 10.6 Å². The highest BCUT2D eigenvalue weighted by Gasteiger charge is 2.29. The first kappa shape index (κ1) is 15.0. The molecule has 4 nitrogen and oxygen atoms in total. The molecule has 2 rings (SSSR count). The summed E-state index contributed by atoms with van der Waals surface area (Å²) in [6.07, 6.45) is 2.82. The molecular formula is C14H16BrFN2O2. The molecule has 1 saturated heterocycles. The number of carbonyl (C=O) groups excluding carboxylic acids is 2.